The lowest BCUT2D eigenvalue weighted by atomic mass is 9.49. The monoisotopic (exact) mass is 282 g/mol. The number of ketones is 1. The maximum Gasteiger partial charge on any atom is 0.312 e. The van der Waals surface area contributed by atoms with E-state index in [0.29, 0.717) is 18.3 Å². The summed E-state index contributed by atoms with van der Waals surface area (Å²) in [6, 6.07) is 0. The molecule has 0 radical (unpaired) electrons. The maximum absolute atomic E-state index is 12.4. The van der Waals surface area contributed by atoms with E-state index in [0.717, 1.165) is 50.7 Å². The van der Waals surface area contributed by atoms with Crippen molar-refractivity contribution in [3.63, 3.8) is 0 Å². The summed E-state index contributed by atoms with van der Waals surface area (Å²) >= 11 is 4.15. The Kier molecular flexibility index (Phi) is 3.63. The van der Waals surface area contributed by atoms with Gasteiger partial charge < -0.3 is 4.74 Å². The lowest BCUT2D eigenvalue weighted by Crippen LogP contribution is -2.54. The first-order valence-corrected chi connectivity index (χ1v) is 8.10. The van der Waals surface area contributed by atoms with E-state index in [4.69, 9.17) is 4.74 Å². The van der Waals surface area contributed by atoms with Gasteiger partial charge >= 0.3 is 5.97 Å². The van der Waals surface area contributed by atoms with Gasteiger partial charge in [0.2, 0.25) is 0 Å². The second-order valence-electron chi connectivity index (χ2n) is 6.59. The molecular weight excluding hydrogens is 260 g/mol. The van der Waals surface area contributed by atoms with Gasteiger partial charge in [-0.25, -0.2) is 0 Å². The van der Waals surface area contributed by atoms with Crippen LogP contribution in [-0.2, 0) is 14.3 Å². The van der Waals surface area contributed by atoms with Crippen LogP contribution in [0.4, 0.5) is 0 Å². The van der Waals surface area contributed by atoms with Crippen LogP contribution >= 0.6 is 12.6 Å². The predicted octanol–water partition coefficient (Wildman–Crippen LogP) is 2.64. The zero-order valence-corrected chi connectivity index (χ0v) is 12.2. The maximum atomic E-state index is 12.4. The second-order valence-corrected chi connectivity index (χ2v) is 7.04. The van der Waals surface area contributed by atoms with Gasteiger partial charge in [0.05, 0.1) is 12.0 Å². The van der Waals surface area contributed by atoms with E-state index in [1.807, 2.05) is 0 Å². The molecule has 2 unspecified atom stereocenters. The van der Waals surface area contributed by atoms with Gasteiger partial charge in [-0.3, -0.25) is 9.59 Å². The van der Waals surface area contributed by atoms with Crippen molar-refractivity contribution in [2.24, 2.45) is 23.2 Å². The summed E-state index contributed by atoms with van der Waals surface area (Å²) in [6.45, 7) is 0.509. The molecule has 0 aromatic heterocycles. The van der Waals surface area contributed by atoms with Crippen LogP contribution in [0, 0.1) is 23.2 Å². The zero-order valence-electron chi connectivity index (χ0n) is 11.3. The van der Waals surface area contributed by atoms with Gasteiger partial charge in [-0.1, -0.05) is 0 Å². The quantitative estimate of drug-likeness (QED) is 0.479. The summed E-state index contributed by atoms with van der Waals surface area (Å²) in [5.41, 5.74) is -0.314. The molecule has 4 heteroatoms. The first-order valence-electron chi connectivity index (χ1n) is 7.46. The topological polar surface area (TPSA) is 43.4 Å². The molecule has 0 heterocycles. The molecule has 19 heavy (non-hydrogen) atoms. The number of unbranched alkanes of at least 4 members (excludes halogenated alkanes) is 1. The molecule has 3 nitrogen and oxygen atoms in total. The Morgan fingerprint density at radius 1 is 1.21 bits per heavy atom. The molecule has 0 aliphatic heterocycles. The van der Waals surface area contributed by atoms with Crippen molar-refractivity contribution < 1.29 is 14.3 Å². The van der Waals surface area contributed by atoms with Crippen LogP contribution in [0.15, 0.2) is 0 Å². The number of Topliss-reactive ketones (excluding diaryl/α,β-unsaturated/α-hetero) is 1. The van der Waals surface area contributed by atoms with Crippen LogP contribution < -0.4 is 0 Å². The highest BCUT2D eigenvalue weighted by Crippen LogP contribution is 2.59. The van der Waals surface area contributed by atoms with Crippen molar-refractivity contribution in [2.45, 2.75) is 44.9 Å². The van der Waals surface area contributed by atoms with Crippen molar-refractivity contribution in [1.29, 1.82) is 0 Å². The standard InChI is InChI=1S/C15H22O3S/c16-13-11-5-10-6-12(13)9-15(7-10,8-11)14(17)18-3-1-2-4-19/h10-12,19H,1-9H2. The van der Waals surface area contributed by atoms with Crippen molar-refractivity contribution in [3.8, 4) is 0 Å². The first kappa shape index (κ1) is 13.5. The number of thiol groups is 1. The number of hydrogen-bond acceptors (Lipinski definition) is 4. The largest absolute Gasteiger partial charge is 0.465 e. The van der Waals surface area contributed by atoms with Gasteiger partial charge in [0.25, 0.3) is 0 Å². The molecule has 0 amide bonds. The summed E-state index contributed by atoms with van der Waals surface area (Å²) in [5.74, 6) is 2.12. The van der Waals surface area contributed by atoms with Gasteiger partial charge in [0.15, 0.2) is 0 Å². The van der Waals surface area contributed by atoms with Gasteiger partial charge in [-0.15, -0.1) is 0 Å². The third-order valence-electron chi connectivity index (χ3n) is 5.21. The molecule has 0 aromatic rings. The van der Waals surface area contributed by atoms with E-state index in [2.05, 4.69) is 12.6 Å². The Morgan fingerprint density at radius 2 is 1.89 bits per heavy atom. The number of esters is 1. The molecular formula is C15H22O3S. The highest BCUT2D eigenvalue weighted by Gasteiger charge is 2.58. The average Bonchev–Trinajstić information content (AvgIpc) is 2.39. The lowest BCUT2D eigenvalue weighted by Gasteiger charge is -2.53. The third-order valence-corrected chi connectivity index (χ3v) is 5.53. The molecule has 4 aliphatic rings. The van der Waals surface area contributed by atoms with Gasteiger partial charge in [-0.2, -0.15) is 12.6 Å². The summed E-state index contributed by atoms with van der Waals surface area (Å²) in [6.07, 6.45) is 6.37. The average molecular weight is 282 g/mol. The summed E-state index contributed by atoms with van der Waals surface area (Å²) in [5, 5.41) is 0. The SMILES string of the molecule is O=C1C2CC3CC1CC(C(=O)OCCCCS)(C3)C2. The number of carbonyl (C=O) groups is 2. The van der Waals surface area contributed by atoms with Gasteiger partial charge in [-0.05, 0) is 56.6 Å². The summed E-state index contributed by atoms with van der Waals surface area (Å²) in [7, 11) is 0. The lowest BCUT2D eigenvalue weighted by molar-refractivity contribution is -0.174. The van der Waals surface area contributed by atoms with Crippen LogP contribution in [0.1, 0.15) is 44.9 Å². The summed E-state index contributed by atoms with van der Waals surface area (Å²) in [4.78, 5) is 24.5. The van der Waals surface area contributed by atoms with E-state index >= 15 is 0 Å². The number of ether oxygens (including phenoxy) is 1. The summed E-state index contributed by atoms with van der Waals surface area (Å²) < 4.78 is 5.48. The number of carbonyl (C=O) groups excluding carboxylic acids is 2. The minimum atomic E-state index is -0.314. The normalized spacial score (nSPS) is 39.6. The fourth-order valence-electron chi connectivity index (χ4n) is 4.53. The number of rotatable bonds is 5. The predicted molar refractivity (Wildman–Crippen MR) is 75.0 cm³/mol. The van der Waals surface area contributed by atoms with Crippen LogP contribution in [-0.4, -0.2) is 24.1 Å². The Hall–Kier alpha value is -0.510. The minimum Gasteiger partial charge on any atom is -0.465 e. The first-order chi connectivity index (χ1) is 9.14. The van der Waals surface area contributed by atoms with Crippen molar-refractivity contribution in [1.82, 2.24) is 0 Å². The van der Waals surface area contributed by atoms with Gasteiger partial charge in [0.1, 0.15) is 5.78 Å². The van der Waals surface area contributed by atoms with Crippen LogP contribution in [0.25, 0.3) is 0 Å². The molecule has 4 fully saturated rings. The Labute approximate surface area is 119 Å². The Balaban J connectivity index is 1.64. The highest BCUT2D eigenvalue weighted by atomic mass is 32.1. The molecule has 4 saturated carbocycles. The smallest absolute Gasteiger partial charge is 0.312 e. The van der Waals surface area contributed by atoms with Gasteiger partial charge in [0, 0.05) is 11.8 Å². The van der Waals surface area contributed by atoms with E-state index in [9.17, 15) is 9.59 Å². The zero-order chi connectivity index (χ0) is 13.5. The molecule has 0 spiro atoms. The fourth-order valence-corrected chi connectivity index (χ4v) is 4.75. The molecule has 0 aromatic carbocycles. The fraction of sp³-hybridized carbons (Fsp3) is 0.867. The minimum absolute atomic E-state index is 0.0291. The Morgan fingerprint density at radius 3 is 2.53 bits per heavy atom. The van der Waals surface area contributed by atoms with Crippen LogP contribution in [0.5, 0.6) is 0 Å². The van der Waals surface area contributed by atoms with E-state index in [-0.39, 0.29) is 23.2 Å². The number of hydrogen-bond donors (Lipinski definition) is 1. The van der Waals surface area contributed by atoms with Crippen LogP contribution in [0.3, 0.4) is 0 Å². The van der Waals surface area contributed by atoms with E-state index < -0.39 is 0 Å². The highest BCUT2D eigenvalue weighted by molar-refractivity contribution is 7.80. The molecule has 4 bridgehead atoms. The molecule has 2 atom stereocenters. The molecule has 4 aliphatic carbocycles. The molecule has 106 valence electrons. The van der Waals surface area contributed by atoms with E-state index in [1.165, 1.54) is 0 Å². The molecule has 0 saturated heterocycles. The van der Waals surface area contributed by atoms with Crippen molar-refractivity contribution in [2.75, 3.05) is 12.4 Å². The Bertz CT molecular complexity index is 375. The molecule has 4 rings (SSSR count). The second kappa shape index (κ2) is 5.12. The molecule has 0 N–H and O–H groups in total. The van der Waals surface area contributed by atoms with Crippen molar-refractivity contribution >= 4 is 24.4 Å². The van der Waals surface area contributed by atoms with Crippen LogP contribution in [0.2, 0.25) is 0 Å². The van der Waals surface area contributed by atoms with E-state index in [1.54, 1.807) is 0 Å². The third kappa shape index (κ3) is 2.32. The van der Waals surface area contributed by atoms with Crippen molar-refractivity contribution in [3.05, 3.63) is 0 Å².